The van der Waals surface area contributed by atoms with Gasteiger partial charge in [-0.3, -0.25) is 4.79 Å². The first-order chi connectivity index (χ1) is 12.9. The number of benzene rings is 2. The van der Waals surface area contributed by atoms with Crippen molar-refractivity contribution in [1.29, 1.82) is 0 Å². The first-order valence-electron chi connectivity index (χ1n) is 8.68. The molecule has 0 fully saturated rings. The highest BCUT2D eigenvalue weighted by Gasteiger charge is 2.22. The fraction of sp³-hybridized carbons (Fsp3) is 0.286. The van der Waals surface area contributed by atoms with Crippen molar-refractivity contribution in [1.82, 2.24) is 10.2 Å². The zero-order valence-corrected chi connectivity index (χ0v) is 16.6. The minimum Gasteiger partial charge on any atom is -0.496 e. The number of methoxy groups -OCH3 is 1. The lowest BCUT2D eigenvalue weighted by molar-refractivity contribution is 0.0915. The number of carbonyl (C=O) groups excluding carboxylic acids is 1. The number of carbonyl (C=O) groups is 1. The summed E-state index contributed by atoms with van der Waals surface area (Å²) in [4.78, 5) is 14.8. The van der Waals surface area contributed by atoms with Crippen LogP contribution in [0.2, 0.25) is 5.02 Å². The summed E-state index contributed by atoms with van der Waals surface area (Å²) in [5.41, 5.74) is 2.44. The van der Waals surface area contributed by atoms with Crippen molar-refractivity contribution in [3.63, 3.8) is 0 Å². The van der Waals surface area contributed by atoms with Gasteiger partial charge in [-0.25, -0.2) is 0 Å². The van der Waals surface area contributed by atoms with E-state index in [1.165, 1.54) is 0 Å². The lowest BCUT2D eigenvalue weighted by Crippen LogP contribution is -2.34. The van der Waals surface area contributed by atoms with Crippen molar-refractivity contribution in [2.24, 2.45) is 0 Å². The molecule has 27 heavy (non-hydrogen) atoms. The van der Waals surface area contributed by atoms with E-state index in [0.29, 0.717) is 22.9 Å². The molecule has 1 atom stereocenters. The van der Waals surface area contributed by atoms with E-state index >= 15 is 0 Å². The predicted octanol–water partition coefficient (Wildman–Crippen LogP) is 4.44. The van der Waals surface area contributed by atoms with Gasteiger partial charge in [0.1, 0.15) is 11.3 Å². The Bertz CT molecular complexity index is 965. The van der Waals surface area contributed by atoms with Crippen LogP contribution in [0.4, 0.5) is 0 Å². The van der Waals surface area contributed by atoms with E-state index in [9.17, 15) is 4.79 Å². The minimum absolute atomic E-state index is 0.0378. The minimum atomic E-state index is -0.249. The molecule has 2 aromatic carbocycles. The van der Waals surface area contributed by atoms with Crippen molar-refractivity contribution >= 4 is 28.5 Å². The summed E-state index contributed by atoms with van der Waals surface area (Å²) in [6, 6.07) is 13.1. The molecule has 0 saturated heterocycles. The quantitative estimate of drug-likeness (QED) is 0.680. The van der Waals surface area contributed by atoms with Gasteiger partial charge in [0.2, 0.25) is 0 Å². The third kappa shape index (κ3) is 3.94. The van der Waals surface area contributed by atoms with Crippen molar-refractivity contribution in [2.75, 3.05) is 27.7 Å². The predicted molar refractivity (Wildman–Crippen MR) is 108 cm³/mol. The second kappa shape index (κ2) is 8.03. The second-order valence-corrected chi connectivity index (χ2v) is 7.06. The zero-order chi connectivity index (χ0) is 19.6. The molecule has 1 heterocycles. The van der Waals surface area contributed by atoms with Crippen LogP contribution in [-0.4, -0.2) is 38.6 Å². The van der Waals surface area contributed by atoms with Crippen LogP contribution in [0.25, 0.3) is 11.0 Å². The number of para-hydroxylation sites is 1. The summed E-state index contributed by atoms with van der Waals surface area (Å²) in [5, 5.41) is 4.45. The summed E-state index contributed by atoms with van der Waals surface area (Å²) in [6.45, 7) is 2.28. The molecule has 0 unspecified atom stereocenters. The van der Waals surface area contributed by atoms with Gasteiger partial charge in [-0.15, -0.1) is 0 Å². The maximum atomic E-state index is 12.7. The van der Waals surface area contributed by atoms with Gasteiger partial charge >= 0.3 is 0 Å². The fourth-order valence-electron chi connectivity index (χ4n) is 3.19. The van der Waals surface area contributed by atoms with Crippen LogP contribution >= 0.6 is 11.6 Å². The normalized spacial score (nSPS) is 12.4. The monoisotopic (exact) mass is 386 g/mol. The molecule has 0 radical (unpaired) electrons. The zero-order valence-electron chi connectivity index (χ0n) is 15.9. The third-order valence-electron chi connectivity index (χ3n) is 4.68. The summed E-state index contributed by atoms with van der Waals surface area (Å²) in [6.07, 6.45) is 0. The molecule has 6 heteroatoms. The number of nitrogens with one attached hydrogen (secondary N) is 1. The molecule has 1 amide bonds. The van der Waals surface area contributed by atoms with Gasteiger partial charge in [0.25, 0.3) is 5.91 Å². The number of rotatable bonds is 6. The Morgan fingerprint density at radius 1 is 1.26 bits per heavy atom. The van der Waals surface area contributed by atoms with Crippen molar-refractivity contribution in [2.45, 2.75) is 13.0 Å². The van der Waals surface area contributed by atoms with Crippen LogP contribution < -0.4 is 10.1 Å². The SMILES string of the molecule is COc1ccccc1[C@@H](CNC(=O)c1oc2ccc(Cl)cc2c1C)N(C)C. The highest BCUT2D eigenvalue weighted by molar-refractivity contribution is 6.31. The molecular formula is C21H23ClN2O3. The lowest BCUT2D eigenvalue weighted by atomic mass is 10.0. The van der Waals surface area contributed by atoms with Crippen LogP contribution in [0.3, 0.4) is 0 Å². The summed E-state index contributed by atoms with van der Waals surface area (Å²) in [5.74, 6) is 0.853. The Labute approximate surface area is 163 Å². The lowest BCUT2D eigenvalue weighted by Gasteiger charge is -2.26. The van der Waals surface area contributed by atoms with E-state index < -0.39 is 0 Å². The molecule has 0 aliphatic carbocycles. The molecular weight excluding hydrogens is 364 g/mol. The topological polar surface area (TPSA) is 54.7 Å². The molecule has 0 spiro atoms. The highest BCUT2D eigenvalue weighted by Crippen LogP contribution is 2.29. The number of ether oxygens (including phenoxy) is 1. The van der Waals surface area contributed by atoms with E-state index in [4.69, 9.17) is 20.8 Å². The molecule has 3 rings (SSSR count). The van der Waals surface area contributed by atoms with Crippen LogP contribution in [0.5, 0.6) is 5.75 Å². The Morgan fingerprint density at radius 2 is 2.00 bits per heavy atom. The largest absolute Gasteiger partial charge is 0.496 e. The first-order valence-corrected chi connectivity index (χ1v) is 9.06. The number of hydrogen-bond acceptors (Lipinski definition) is 4. The standard InChI is InChI=1S/C21H23ClN2O3/c1-13-16-11-14(22)9-10-19(16)27-20(13)21(25)23-12-17(24(2)3)15-7-5-6-8-18(15)26-4/h5-11,17H,12H2,1-4H3,(H,23,25)/t17-/m1/s1. The second-order valence-electron chi connectivity index (χ2n) is 6.63. The Balaban J connectivity index is 1.82. The number of fused-ring (bicyclic) bond motifs is 1. The van der Waals surface area contributed by atoms with Gasteiger partial charge in [0, 0.05) is 28.1 Å². The number of aryl methyl sites for hydroxylation is 1. The molecule has 1 aromatic heterocycles. The third-order valence-corrected chi connectivity index (χ3v) is 4.92. The fourth-order valence-corrected chi connectivity index (χ4v) is 3.36. The van der Waals surface area contributed by atoms with E-state index in [1.807, 2.05) is 56.3 Å². The number of likely N-dealkylation sites (N-methyl/N-ethyl adjacent to an activating group) is 1. The maximum Gasteiger partial charge on any atom is 0.287 e. The number of amides is 1. The van der Waals surface area contributed by atoms with Gasteiger partial charge in [0.15, 0.2) is 5.76 Å². The molecule has 0 aliphatic heterocycles. The summed E-state index contributed by atoms with van der Waals surface area (Å²) in [7, 11) is 5.59. The van der Waals surface area contributed by atoms with Crippen LogP contribution in [0.15, 0.2) is 46.9 Å². The van der Waals surface area contributed by atoms with Gasteiger partial charge in [-0.05, 0) is 45.3 Å². The molecule has 0 saturated carbocycles. The maximum absolute atomic E-state index is 12.7. The number of halogens is 1. The highest BCUT2D eigenvalue weighted by atomic mass is 35.5. The van der Waals surface area contributed by atoms with E-state index in [0.717, 1.165) is 22.3 Å². The van der Waals surface area contributed by atoms with E-state index in [-0.39, 0.29) is 11.9 Å². The molecule has 3 aromatic rings. The molecule has 5 nitrogen and oxygen atoms in total. The number of furan rings is 1. The summed E-state index contributed by atoms with van der Waals surface area (Å²) < 4.78 is 11.2. The number of hydrogen-bond donors (Lipinski definition) is 1. The van der Waals surface area contributed by atoms with Gasteiger partial charge in [-0.1, -0.05) is 29.8 Å². The summed E-state index contributed by atoms with van der Waals surface area (Å²) >= 11 is 6.05. The Kier molecular flexibility index (Phi) is 5.73. The van der Waals surface area contributed by atoms with Gasteiger partial charge in [0.05, 0.1) is 13.2 Å². The molecule has 0 bridgehead atoms. The van der Waals surface area contributed by atoms with Crippen LogP contribution in [0, 0.1) is 6.92 Å². The van der Waals surface area contributed by atoms with E-state index in [2.05, 4.69) is 5.32 Å². The molecule has 142 valence electrons. The van der Waals surface area contributed by atoms with Crippen LogP contribution in [-0.2, 0) is 0 Å². The van der Waals surface area contributed by atoms with Crippen molar-refractivity contribution in [3.8, 4) is 5.75 Å². The smallest absolute Gasteiger partial charge is 0.287 e. The van der Waals surface area contributed by atoms with Gasteiger partial charge < -0.3 is 19.4 Å². The van der Waals surface area contributed by atoms with Crippen molar-refractivity contribution < 1.29 is 13.9 Å². The first kappa shape index (κ1) is 19.3. The Hall–Kier alpha value is -2.50. The molecule has 1 N–H and O–H groups in total. The molecule has 0 aliphatic rings. The number of nitrogens with zero attached hydrogens (tertiary/aromatic N) is 1. The average molecular weight is 387 g/mol. The Morgan fingerprint density at radius 3 is 2.70 bits per heavy atom. The van der Waals surface area contributed by atoms with E-state index in [1.54, 1.807) is 19.2 Å². The van der Waals surface area contributed by atoms with Crippen molar-refractivity contribution in [3.05, 3.63) is 64.4 Å². The average Bonchev–Trinajstić information content (AvgIpc) is 2.98. The van der Waals surface area contributed by atoms with Crippen LogP contribution in [0.1, 0.15) is 27.7 Å². The van der Waals surface area contributed by atoms with Gasteiger partial charge in [-0.2, -0.15) is 0 Å².